The van der Waals surface area contributed by atoms with Gasteiger partial charge in [-0.15, -0.1) is 0 Å². The van der Waals surface area contributed by atoms with Gasteiger partial charge in [0, 0.05) is 28.2 Å². The molecular formula is C37H27IN2O7. The molecular weight excluding hydrogens is 711 g/mol. The Balaban J connectivity index is 1.18. The number of Topliss-reactive ketones (excluding diaryl/α,β-unsaturated/α-hetero) is 1. The molecule has 1 saturated heterocycles. The second-order valence-corrected chi connectivity index (χ2v) is 13.5. The van der Waals surface area contributed by atoms with Crippen LogP contribution in [0.3, 0.4) is 0 Å². The molecule has 1 aliphatic heterocycles. The van der Waals surface area contributed by atoms with E-state index in [2.05, 4.69) is 4.98 Å². The Morgan fingerprint density at radius 3 is 2.51 bits per heavy atom. The zero-order chi connectivity index (χ0) is 32.7. The Morgan fingerprint density at radius 1 is 1.00 bits per heavy atom. The van der Waals surface area contributed by atoms with Crippen molar-refractivity contribution in [2.75, 3.05) is 12.0 Å². The number of ether oxygens (including phenoxy) is 1. The summed E-state index contributed by atoms with van der Waals surface area (Å²) in [6.45, 7) is 1.62. The molecule has 4 aliphatic rings. The third kappa shape index (κ3) is 4.45. The quantitative estimate of drug-likeness (QED) is 0.110. The number of imide groups is 1. The van der Waals surface area contributed by atoms with Crippen LogP contribution >= 0.6 is 22.6 Å². The highest BCUT2D eigenvalue weighted by Crippen LogP contribution is 2.56. The van der Waals surface area contributed by atoms with Crippen LogP contribution in [0.2, 0.25) is 0 Å². The first-order valence-corrected chi connectivity index (χ1v) is 16.3. The predicted octanol–water partition coefficient (Wildman–Crippen LogP) is 6.45. The number of phenols is 1. The molecule has 0 unspecified atom stereocenters. The molecule has 1 fully saturated rings. The molecule has 3 aromatic carbocycles. The Bertz CT molecular complexity index is 2140. The van der Waals surface area contributed by atoms with Crippen molar-refractivity contribution in [3.63, 3.8) is 0 Å². The number of aromatic nitrogens is 1. The summed E-state index contributed by atoms with van der Waals surface area (Å²) in [5, 5.41) is 10.6. The van der Waals surface area contributed by atoms with Crippen molar-refractivity contribution in [3.05, 3.63) is 104 Å². The van der Waals surface area contributed by atoms with Gasteiger partial charge in [-0.1, -0.05) is 23.8 Å². The number of halogens is 1. The maximum absolute atomic E-state index is 14.3. The van der Waals surface area contributed by atoms with Gasteiger partial charge in [-0.25, -0.2) is 4.98 Å². The maximum Gasteiger partial charge on any atom is 0.238 e. The SMILES string of the molecule is COc1cc([C@H]2C3=CC[C@@H]4C(=O)N(c5ccc(-c6nc7ccccc7o6)cc5)C(=O)[C@@H]4[C@@H]3CC3=C2C(=O)C=C(C)C3=O)cc(I)c1O. The van der Waals surface area contributed by atoms with Crippen LogP contribution in [-0.2, 0) is 19.2 Å². The minimum absolute atomic E-state index is 0.0211. The number of carbonyl (C=O) groups excluding carboxylic acids is 4. The van der Waals surface area contributed by atoms with Crippen molar-refractivity contribution in [1.82, 2.24) is 4.98 Å². The second kappa shape index (κ2) is 10.9. The molecule has 2 amide bonds. The molecule has 234 valence electrons. The number of nitrogens with zero attached hydrogens (tertiary/aromatic N) is 2. The van der Waals surface area contributed by atoms with E-state index in [-0.39, 0.29) is 41.3 Å². The molecule has 2 heterocycles. The first-order chi connectivity index (χ1) is 22.7. The van der Waals surface area contributed by atoms with Crippen molar-refractivity contribution in [1.29, 1.82) is 0 Å². The third-order valence-corrected chi connectivity index (χ3v) is 10.7. The van der Waals surface area contributed by atoms with E-state index >= 15 is 0 Å². The molecule has 4 aromatic rings. The number of carbonyl (C=O) groups is 4. The number of fused-ring (bicyclic) bond motifs is 4. The van der Waals surface area contributed by atoms with Gasteiger partial charge in [-0.2, -0.15) is 0 Å². The summed E-state index contributed by atoms with van der Waals surface area (Å²) in [5.74, 6) is -2.85. The van der Waals surface area contributed by atoms with Gasteiger partial charge in [-0.3, -0.25) is 24.1 Å². The van der Waals surface area contributed by atoms with Crippen LogP contribution in [0.25, 0.3) is 22.6 Å². The average molecular weight is 739 g/mol. The molecule has 1 aromatic heterocycles. The summed E-state index contributed by atoms with van der Waals surface area (Å²) in [5.41, 5.74) is 5.17. The van der Waals surface area contributed by atoms with Crippen molar-refractivity contribution in [2.24, 2.45) is 17.8 Å². The lowest BCUT2D eigenvalue weighted by Crippen LogP contribution is -2.39. The molecule has 10 heteroatoms. The molecule has 9 nitrogen and oxygen atoms in total. The minimum atomic E-state index is -0.706. The number of methoxy groups -OCH3 is 1. The fraction of sp³-hybridized carbons (Fsp3) is 0.216. The lowest BCUT2D eigenvalue weighted by molar-refractivity contribution is -0.123. The molecule has 0 bridgehead atoms. The molecule has 0 radical (unpaired) electrons. The summed E-state index contributed by atoms with van der Waals surface area (Å²) in [4.78, 5) is 61.2. The molecule has 47 heavy (non-hydrogen) atoms. The molecule has 1 N–H and O–H groups in total. The lowest BCUT2D eigenvalue weighted by atomic mass is 9.59. The molecule has 0 saturated carbocycles. The van der Waals surface area contributed by atoms with E-state index in [1.54, 1.807) is 43.3 Å². The lowest BCUT2D eigenvalue weighted by Gasteiger charge is -2.42. The number of rotatable bonds is 4. The highest BCUT2D eigenvalue weighted by Gasteiger charge is 2.56. The van der Waals surface area contributed by atoms with E-state index in [1.807, 2.05) is 52.9 Å². The Hall–Kier alpha value is -4.84. The fourth-order valence-corrected chi connectivity index (χ4v) is 8.31. The number of aromatic hydroxyl groups is 1. The Kier molecular flexibility index (Phi) is 6.83. The second-order valence-electron chi connectivity index (χ2n) is 12.3. The highest BCUT2D eigenvalue weighted by molar-refractivity contribution is 14.1. The largest absolute Gasteiger partial charge is 0.504 e. The van der Waals surface area contributed by atoms with Gasteiger partial charge >= 0.3 is 0 Å². The van der Waals surface area contributed by atoms with Crippen LogP contribution < -0.4 is 9.64 Å². The molecule has 0 spiro atoms. The van der Waals surface area contributed by atoms with Gasteiger partial charge in [0.25, 0.3) is 0 Å². The van der Waals surface area contributed by atoms with Gasteiger partial charge in [0.05, 0.1) is 28.2 Å². The van der Waals surface area contributed by atoms with Crippen LogP contribution in [0.4, 0.5) is 5.69 Å². The van der Waals surface area contributed by atoms with Crippen molar-refractivity contribution < 1.29 is 33.4 Å². The van der Waals surface area contributed by atoms with E-state index in [9.17, 15) is 24.3 Å². The number of benzene rings is 3. The number of hydrogen-bond donors (Lipinski definition) is 1. The first-order valence-electron chi connectivity index (χ1n) is 15.3. The number of allylic oxidation sites excluding steroid dienone is 6. The van der Waals surface area contributed by atoms with E-state index < -0.39 is 23.7 Å². The van der Waals surface area contributed by atoms with Gasteiger partial charge in [-0.05, 0) is 108 Å². The highest BCUT2D eigenvalue weighted by atomic mass is 127. The third-order valence-electron chi connectivity index (χ3n) is 9.83. The van der Waals surface area contributed by atoms with Crippen molar-refractivity contribution >= 4 is 62.8 Å². The van der Waals surface area contributed by atoms with E-state index in [0.717, 1.165) is 11.1 Å². The van der Waals surface area contributed by atoms with Gasteiger partial charge < -0.3 is 14.3 Å². The Labute approximate surface area is 282 Å². The number of phenolic OH excluding ortho intramolecular Hbond substituents is 1. The van der Waals surface area contributed by atoms with Gasteiger partial charge in [0.15, 0.2) is 28.6 Å². The van der Waals surface area contributed by atoms with Crippen LogP contribution in [-0.4, -0.2) is 40.6 Å². The summed E-state index contributed by atoms with van der Waals surface area (Å²) in [7, 11) is 1.45. The summed E-state index contributed by atoms with van der Waals surface area (Å²) < 4.78 is 11.9. The van der Waals surface area contributed by atoms with Gasteiger partial charge in [0.1, 0.15) is 5.52 Å². The number of oxazole rings is 1. The first kappa shape index (κ1) is 29.6. The summed E-state index contributed by atoms with van der Waals surface area (Å²) >= 11 is 2.01. The van der Waals surface area contributed by atoms with Crippen LogP contribution in [0.5, 0.6) is 11.5 Å². The van der Waals surface area contributed by atoms with Crippen LogP contribution in [0, 0.1) is 21.3 Å². The molecule has 4 atom stereocenters. The maximum atomic E-state index is 14.3. The van der Waals surface area contributed by atoms with Crippen molar-refractivity contribution in [2.45, 2.75) is 25.7 Å². The number of anilines is 1. The van der Waals surface area contributed by atoms with E-state index in [1.165, 1.54) is 18.1 Å². The van der Waals surface area contributed by atoms with Gasteiger partial charge in [0.2, 0.25) is 17.7 Å². The van der Waals surface area contributed by atoms with Crippen molar-refractivity contribution in [3.8, 4) is 23.0 Å². The summed E-state index contributed by atoms with van der Waals surface area (Å²) in [6, 6.07) is 17.9. The Morgan fingerprint density at radius 2 is 1.77 bits per heavy atom. The topological polar surface area (TPSA) is 127 Å². The molecule has 8 rings (SSSR count). The predicted molar refractivity (Wildman–Crippen MR) is 181 cm³/mol. The monoisotopic (exact) mass is 738 g/mol. The smallest absolute Gasteiger partial charge is 0.238 e. The number of amides is 2. The molecule has 3 aliphatic carbocycles. The van der Waals surface area contributed by atoms with E-state index in [4.69, 9.17) is 9.15 Å². The zero-order valence-electron chi connectivity index (χ0n) is 25.3. The summed E-state index contributed by atoms with van der Waals surface area (Å²) in [6.07, 6.45) is 3.85. The number of para-hydroxylation sites is 2. The normalized spacial score (nSPS) is 23.9. The number of ketones is 2. The van der Waals surface area contributed by atoms with Crippen LogP contribution in [0.1, 0.15) is 31.2 Å². The average Bonchev–Trinajstić information content (AvgIpc) is 3.62. The number of hydrogen-bond acceptors (Lipinski definition) is 8. The van der Waals surface area contributed by atoms with Crippen LogP contribution in [0.15, 0.2) is 99.5 Å². The minimum Gasteiger partial charge on any atom is -0.504 e. The zero-order valence-corrected chi connectivity index (χ0v) is 27.5. The van der Waals surface area contributed by atoms with E-state index in [0.29, 0.717) is 55.0 Å². The fourth-order valence-electron chi connectivity index (χ4n) is 7.68. The standard InChI is InChI=1S/C37H27IN2O7/c1-17-13-27(41)32-24(33(17)42)16-23-21(30(32)19-14-25(38)34(43)29(15-19)46-2)11-12-22-31(23)37(45)40(36(22)44)20-9-7-18(8-10-20)35-39-26-5-3-4-6-28(26)47-35/h3-11,13-15,22-23,30-31,43H,12,16H2,1-2H3/t22-,23+,30-,31-/m0/s1.